The topological polar surface area (TPSA) is 78.9 Å². The minimum Gasteiger partial charge on any atom is -0.462 e. The molecule has 6 heteroatoms. The fourth-order valence-corrected chi connectivity index (χ4v) is 9.78. The predicted octanol–water partition coefficient (Wildman–Crippen LogP) is 23.4. The molecule has 79 heavy (non-hydrogen) atoms. The molecular weight excluding hydrogens is 973 g/mol. The zero-order chi connectivity index (χ0) is 57.1. The molecule has 0 fully saturated rings. The van der Waals surface area contributed by atoms with E-state index in [1.807, 2.05) is 0 Å². The van der Waals surface area contributed by atoms with Gasteiger partial charge in [0.05, 0.1) is 0 Å². The third-order valence-corrected chi connectivity index (χ3v) is 14.9. The SMILES string of the molecule is CC/C=C\C/C=C\C/C=C\C/C=C\C/C=C\CCCCCCCCCCCCCCCCCC(=O)OCC(COC(=O)CCCCCCC/C=C\C/C=C\CCCC)OC(=O)CCCCCCCCCCCCCCCCCC. The molecule has 0 rings (SSSR count). The van der Waals surface area contributed by atoms with Gasteiger partial charge in [-0.15, -0.1) is 0 Å². The molecule has 1 unspecified atom stereocenters. The molecule has 0 saturated heterocycles. The average molecular weight is 1100 g/mol. The predicted molar refractivity (Wildman–Crippen MR) is 344 cm³/mol. The number of esters is 3. The first-order chi connectivity index (χ1) is 39.0. The second-order valence-electron chi connectivity index (χ2n) is 22.7. The Morgan fingerprint density at radius 2 is 0.506 bits per heavy atom. The Bertz CT molecular complexity index is 1500. The summed E-state index contributed by atoms with van der Waals surface area (Å²) in [6, 6.07) is 0. The third-order valence-electron chi connectivity index (χ3n) is 14.9. The van der Waals surface area contributed by atoms with Crippen LogP contribution in [0.3, 0.4) is 0 Å². The summed E-state index contributed by atoms with van der Waals surface area (Å²) in [5.74, 6) is -0.873. The Balaban J connectivity index is 4.21. The molecule has 456 valence electrons. The molecule has 0 amide bonds. The van der Waals surface area contributed by atoms with Crippen molar-refractivity contribution in [2.24, 2.45) is 0 Å². The molecule has 0 aliphatic carbocycles. The van der Waals surface area contributed by atoms with Gasteiger partial charge in [-0.25, -0.2) is 0 Å². The number of hydrogen-bond donors (Lipinski definition) is 0. The van der Waals surface area contributed by atoms with E-state index in [1.54, 1.807) is 0 Å². The maximum absolute atomic E-state index is 12.9. The first-order valence-corrected chi connectivity index (χ1v) is 34.1. The van der Waals surface area contributed by atoms with Gasteiger partial charge in [-0.2, -0.15) is 0 Å². The fourth-order valence-electron chi connectivity index (χ4n) is 9.78. The highest BCUT2D eigenvalue weighted by Gasteiger charge is 2.19. The Labute approximate surface area is 490 Å². The maximum Gasteiger partial charge on any atom is 0.306 e. The van der Waals surface area contributed by atoms with Crippen molar-refractivity contribution >= 4 is 17.9 Å². The third kappa shape index (κ3) is 65.3. The zero-order valence-electron chi connectivity index (χ0n) is 52.4. The van der Waals surface area contributed by atoms with E-state index in [0.717, 1.165) is 109 Å². The van der Waals surface area contributed by atoms with E-state index in [-0.39, 0.29) is 31.1 Å². The number of unbranched alkanes of at least 4 members (excludes halogenated alkanes) is 37. The van der Waals surface area contributed by atoms with Crippen LogP contribution >= 0.6 is 0 Å². The zero-order valence-corrected chi connectivity index (χ0v) is 52.4. The summed E-state index contributed by atoms with van der Waals surface area (Å²) < 4.78 is 16.9. The minimum absolute atomic E-state index is 0.0766. The van der Waals surface area contributed by atoms with E-state index < -0.39 is 6.10 Å². The molecule has 0 saturated carbocycles. The summed E-state index contributed by atoms with van der Waals surface area (Å²) in [4.78, 5) is 38.3. The standard InChI is InChI=1S/C73H128O6/c1-4-7-10-13-16-19-22-25-28-30-31-32-33-34-35-36-37-38-39-40-41-42-43-44-46-48-51-54-57-60-63-66-72(75)78-69-70(68-77-71(74)65-62-59-56-53-50-47-27-24-21-18-15-12-9-6-3)79-73(76)67-64-61-58-55-52-49-45-29-26-23-20-17-14-11-8-5-2/h7,10,15-16,18-19,24-25,27-28,31-32,34-35,70H,4-6,8-9,11-14,17,20-23,26,29-30,33,36-69H2,1-3H3/b10-7-,18-15-,19-16-,27-24-,28-25-,32-31-,35-34-. The van der Waals surface area contributed by atoms with E-state index in [4.69, 9.17) is 14.2 Å². The Morgan fingerprint density at radius 3 is 0.810 bits per heavy atom. The van der Waals surface area contributed by atoms with Crippen LogP contribution in [0.4, 0.5) is 0 Å². The van der Waals surface area contributed by atoms with Gasteiger partial charge in [0.1, 0.15) is 13.2 Å². The van der Waals surface area contributed by atoms with Gasteiger partial charge in [-0.05, 0) is 89.9 Å². The molecule has 0 radical (unpaired) electrons. The van der Waals surface area contributed by atoms with Gasteiger partial charge in [0.15, 0.2) is 6.10 Å². The van der Waals surface area contributed by atoms with Crippen molar-refractivity contribution in [2.75, 3.05) is 13.2 Å². The summed E-state index contributed by atoms with van der Waals surface area (Å²) in [6.45, 7) is 6.52. The molecule has 0 aromatic heterocycles. The lowest BCUT2D eigenvalue weighted by Crippen LogP contribution is -2.30. The van der Waals surface area contributed by atoms with Crippen LogP contribution in [-0.4, -0.2) is 37.2 Å². The second-order valence-corrected chi connectivity index (χ2v) is 22.7. The van der Waals surface area contributed by atoms with Crippen molar-refractivity contribution in [2.45, 2.75) is 348 Å². The molecule has 0 aliphatic heterocycles. The van der Waals surface area contributed by atoms with Gasteiger partial charge in [-0.1, -0.05) is 318 Å². The normalized spacial score (nSPS) is 12.6. The summed E-state index contributed by atoms with van der Waals surface area (Å²) in [5.41, 5.74) is 0. The van der Waals surface area contributed by atoms with Crippen LogP contribution in [0.25, 0.3) is 0 Å². The monoisotopic (exact) mass is 1100 g/mol. The molecule has 0 aromatic carbocycles. The van der Waals surface area contributed by atoms with Crippen LogP contribution in [0.15, 0.2) is 85.1 Å². The van der Waals surface area contributed by atoms with E-state index in [9.17, 15) is 14.4 Å². The van der Waals surface area contributed by atoms with Crippen LogP contribution in [0.5, 0.6) is 0 Å². The number of ether oxygens (including phenoxy) is 3. The van der Waals surface area contributed by atoms with E-state index in [1.165, 1.54) is 193 Å². The highest BCUT2D eigenvalue weighted by Crippen LogP contribution is 2.17. The average Bonchev–Trinajstić information content (AvgIpc) is 3.45. The highest BCUT2D eigenvalue weighted by atomic mass is 16.6. The van der Waals surface area contributed by atoms with Crippen molar-refractivity contribution in [1.82, 2.24) is 0 Å². The summed E-state index contributed by atoms with van der Waals surface area (Å²) in [7, 11) is 0. The van der Waals surface area contributed by atoms with Crippen molar-refractivity contribution in [3.63, 3.8) is 0 Å². The van der Waals surface area contributed by atoms with Crippen LogP contribution in [0, 0.1) is 0 Å². The van der Waals surface area contributed by atoms with Crippen molar-refractivity contribution < 1.29 is 28.6 Å². The summed E-state index contributed by atoms with van der Waals surface area (Å²) in [6.07, 6.45) is 88.9. The second kappa shape index (κ2) is 67.1. The van der Waals surface area contributed by atoms with E-state index >= 15 is 0 Å². The molecular formula is C73H128O6. The van der Waals surface area contributed by atoms with Crippen LogP contribution in [-0.2, 0) is 28.6 Å². The molecule has 6 nitrogen and oxygen atoms in total. The molecule has 0 spiro atoms. The Morgan fingerprint density at radius 1 is 0.266 bits per heavy atom. The fraction of sp³-hybridized carbons (Fsp3) is 0.767. The number of carbonyl (C=O) groups excluding carboxylic acids is 3. The van der Waals surface area contributed by atoms with Gasteiger partial charge in [-0.3, -0.25) is 14.4 Å². The van der Waals surface area contributed by atoms with Gasteiger partial charge in [0, 0.05) is 19.3 Å². The van der Waals surface area contributed by atoms with Gasteiger partial charge in [0.2, 0.25) is 0 Å². The molecule has 0 aliphatic rings. The first-order valence-electron chi connectivity index (χ1n) is 34.1. The lowest BCUT2D eigenvalue weighted by molar-refractivity contribution is -0.167. The molecule has 0 N–H and O–H groups in total. The van der Waals surface area contributed by atoms with Crippen molar-refractivity contribution in [3.05, 3.63) is 85.1 Å². The van der Waals surface area contributed by atoms with Crippen LogP contribution in [0.1, 0.15) is 342 Å². The number of hydrogen-bond acceptors (Lipinski definition) is 6. The van der Waals surface area contributed by atoms with Crippen molar-refractivity contribution in [3.8, 4) is 0 Å². The smallest absolute Gasteiger partial charge is 0.306 e. The lowest BCUT2D eigenvalue weighted by Gasteiger charge is -2.18. The minimum atomic E-state index is -0.780. The molecule has 0 aromatic rings. The Kier molecular flexibility index (Phi) is 64.2. The largest absolute Gasteiger partial charge is 0.462 e. The highest BCUT2D eigenvalue weighted by molar-refractivity contribution is 5.71. The van der Waals surface area contributed by atoms with Gasteiger partial charge < -0.3 is 14.2 Å². The van der Waals surface area contributed by atoms with Gasteiger partial charge in [0.25, 0.3) is 0 Å². The summed E-state index contributed by atoms with van der Waals surface area (Å²) >= 11 is 0. The van der Waals surface area contributed by atoms with E-state index in [2.05, 4.69) is 106 Å². The number of carbonyl (C=O) groups is 3. The summed E-state index contributed by atoms with van der Waals surface area (Å²) in [5, 5.41) is 0. The lowest BCUT2D eigenvalue weighted by atomic mass is 10.0. The number of rotatable bonds is 62. The van der Waals surface area contributed by atoms with Crippen LogP contribution in [0.2, 0.25) is 0 Å². The maximum atomic E-state index is 12.9. The number of allylic oxidation sites excluding steroid dienone is 14. The van der Waals surface area contributed by atoms with Crippen LogP contribution < -0.4 is 0 Å². The molecule has 0 bridgehead atoms. The molecule has 0 heterocycles. The Hall–Kier alpha value is -3.41. The van der Waals surface area contributed by atoms with E-state index in [0.29, 0.717) is 19.3 Å². The first kappa shape index (κ1) is 75.6. The molecule has 1 atom stereocenters. The quantitative estimate of drug-likeness (QED) is 0.0261. The van der Waals surface area contributed by atoms with Crippen molar-refractivity contribution in [1.29, 1.82) is 0 Å². The van der Waals surface area contributed by atoms with Gasteiger partial charge >= 0.3 is 17.9 Å².